The van der Waals surface area contributed by atoms with E-state index < -0.39 is 10.9 Å². The molecule has 0 saturated carbocycles. The highest BCUT2D eigenvalue weighted by atomic mass is 79.9. The quantitative estimate of drug-likeness (QED) is 0.258. The van der Waals surface area contributed by atoms with Gasteiger partial charge < -0.3 is 15.3 Å². The molecule has 0 fully saturated rings. The first-order valence-corrected chi connectivity index (χ1v) is 7.83. The molecule has 0 bridgehead atoms. The highest BCUT2D eigenvalue weighted by molar-refractivity contribution is 9.10. The smallest absolute Gasteiger partial charge is 0.372 e. The molecule has 0 spiro atoms. The lowest BCUT2D eigenvalue weighted by atomic mass is 10.2. The molecule has 0 amide bonds. The van der Waals surface area contributed by atoms with Gasteiger partial charge in [-0.2, -0.15) is 0 Å². The lowest BCUT2D eigenvalue weighted by molar-refractivity contribution is -0.384. The number of oxime groups is 1. The van der Waals surface area contributed by atoms with Gasteiger partial charge in [0.2, 0.25) is 0 Å². The Morgan fingerprint density at radius 2 is 2.08 bits per heavy atom. The van der Waals surface area contributed by atoms with Crippen molar-refractivity contribution >= 4 is 33.4 Å². The van der Waals surface area contributed by atoms with Crippen LogP contribution in [0.1, 0.15) is 11.1 Å². The van der Waals surface area contributed by atoms with Gasteiger partial charge in [-0.25, -0.2) is 4.79 Å². The van der Waals surface area contributed by atoms with E-state index in [1.54, 1.807) is 6.07 Å². The molecule has 25 heavy (non-hydrogen) atoms. The maximum absolute atomic E-state index is 11.7. The van der Waals surface area contributed by atoms with Crippen molar-refractivity contribution in [1.82, 2.24) is 0 Å². The van der Waals surface area contributed by atoms with E-state index in [4.69, 9.17) is 10.5 Å². The van der Waals surface area contributed by atoms with Gasteiger partial charge in [0.25, 0.3) is 5.69 Å². The van der Waals surface area contributed by atoms with Gasteiger partial charge in [0.05, 0.1) is 9.40 Å². The Hall–Kier alpha value is -2.94. The zero-order chi connectivity index (χ0) is 18.4. The van der Waals surface area contributed by atoms with Gasteiger partial charge in [0.15, 0.2) is 12.4 Å². The zero-order valence-electron chi connectivity index (χ0n) is 13.1. The lowest BCUT2D eigenvalue weighted by Gasteiger charge is -2.07. The molecule has 0 unspecified atom stereocenters. The van der Waals surface area contributed by atoms with E-state index in [1.165, 1.54) is 24.3 Å². The summed E-state index contributed by atoms with van der Waals surface area (Å²) in [5, 5.41) is 14.2. The molecule has 0 aliphatic heterocycles. The van der Waals surface area contributed by atoms with Crippen molar-refractivity contribution in [3.63, 3.8) is 0 Å². The van der Waals surface area contributed by atoms with Crippen LogP contribution >= 0.6 is 15.9 Å². The van der Waals surface area contributed by atoms with Crippen molar-refractivity contribution in [2.24, 2.45) is 10.9 Å². The average Bonchev–Trinajstić information content (AvgIpc) is 2.59. The number of nitrogens with two attached hydrogens (primary N) is 1. The fourth-order valence-electron chi connectivity index (χ4n) is 1.82. The molecule has 2 aromatic rings. The first-order valence-electron chi connectivity index (χ1n) is 7.04. The molecule has 0 radical (unpaired) electrons. The Morgan fingerprint density at radius 1 is 1.32 bits per heavy atom. The second-order valence-electron chi connectivity index (χ2n) is 4.97. The number of amidine groups is 1. The number of benzene rings is 2. The van der Waals surface area contributed by atoms with Crippen molar-refractivity contribution in [2.45, 2.75) is 6.92 Å². The van der Waals surface area contributed by atoms with Crippen LogP contribution in [0.2, 0.25) is 0 Å². The Labute approximate surface area is 151 Å². The number of hydrogen-bond acceptors (Lipinski definition) is 6. The first-order chi connectivity index (χ1) is 11.9. The molecule has 2 N–H and O–H groups in total. The Kier molecular flexibility index (Phi) is 6.07. The first kappa shape index (κ1) is 18.4. The number of halogens is 1. The summed E-state index contributed by atoms with van der Waals surface area (Å²) in [5.74, 6) is -0.437. The largest absolute Gasteiger partial charge is 0.481 e. The SMILES string of the molecule is Cc1ccc(OCC(=O)O/N=C(\N)c2cccc([N+](=O)[O-])c2)c(Br)c1. The van der Waals surface area contributed by atoms with E-state index in [2.05, 4.69) is 25.9 Å². The second kappa shape index (κ2) is 8.25. The molecule has 0 aliphatic carbocycles. The number of hydrogen-bond donors (Lipinski definition) is 1. The van der Waals surface area contributed by atoms with Crippen LogP contribution in [0.4, 0.5) is 5.69 Å². The summed E-state index contributed by atoms with van der Waals surface area (Å²) in [7, 11) is 0. The highest BCUT2D eigenvalue weighted by Crippen LogP contribution is 2.25. The summed E-state index contributed by atoms with van der Waals surface area (Å²) in [6, 6.07) is 10.9. The average molecular weight is 408 g/mol. The standard InChI is InChI=1S/C16H14BrN3O5/c1-10-5-6-14(13(17)7-10)24-9-15(21)25-19-16(18)11-3-2-4-12(8-11)20(22)23/h2-8H,9H2,1H3,(H2,18,19). The number of aryl methyl sites for hydroxylation is 1. The van der Waals surface area contributed by atoms with E-state index in [0.717, 1.165) is 5.56 Å². The van der Waals surface area contributed by atoms with Crippen molar-refractivity contribution in [3.8, 4) is 5.75 Å². The van der Waals surface area contributed by atoms with Gasteiger partial charge >= 0.3 is 5.97 Å². The van der Waals surface area contributed by atoms with Crippen LogP contribution < -0.4 is 10.5 Å². The maximum Gasteiger partial charge on any atom is 0.372 e. The summed E-state index contributed by atoms with van der Waals surface area (Å²) in [6.45, 7) is 1.56. The minimum absolute atomic E-state index is 0.144. The summed E-state index contributed by atoms with van der Waals surface area (Å²) in [4.78, 5) is 26.5. The van der Waals surface area contributed by atoms with E-state index in [-0.39, 0.29) is 23.7 Å². The third-order valence-electron chi connectivity index (χ3n) is 3.03. The molecule has 0 saturated heterocycles. The number of nitro benzene ring substituents is 1. The molecule has 0 aromatic heterocycles. The molecule has 130 valence electrons. The van der Waals surface area contributed by atoms with Crippen LogP contribution in [0.3, 0.4) is 0 Å². The minimum Gasteiger partial charge on any atom is -0.481 e. The predicted molar refractivity (Wildman–Crippen MR) is 94.3 cm³/mol. The maximum atomic E-state index is 11.7. The van der Waals surface area contributed by atoms with Crippen LogP contribution in [0.25, 0.3) is 0 Å². The predicted octanol–water partition coefficient (Wildman–Crippen LogP) is 2.91. The van der Waals surface area contributed by atoms with Gasteiger partial charge in [0, 0.05) is 17.7 Å². The van der Waals surface area contributed by atoms with Crippen LogP contribution in [0, 0.1) is 17.0 Å². The normalized spacial score (nSPS) is 11.0. The van der Waals surface area contributed by atoms with Gasteiger partial charge in [-0.3, -0.25) is 10.1 Å². The third kappa shape index (κ3) is 5.28. The van der Waals surface area contributed by atoms with E-state index in [0.29, 0.717) is 10.2 Å². The number of non-ortho nitro benzene ring substituents is 1. The number of ether oxygens (including phenoxy) is 1. The number of rotatable bonds is 6. The fraction of sp³-hybridized carbons (Fsp3) is 0.125. The number of carbonyl (C=O) groups is 1. The molecular weight excluding hydrogens is 394 g/mol. The molecule has 9 heteroatoms. The molecular formula is C16H14BrN3O5. The summed E-state index contributed by atoms with van der Waals surface area (Å²) in [6.07, 6.45) is 0. The Morgan fingerprint density at radius 3 is 2.76 bits per heavy atom. The van der Waals surface area contributed by atoms with Gasteiger partial charge in [-0.1, -0.05) is 23.4 Å². The molecule has 0 aliphatic rings. The summed E-state index contributed by atoms with van der Waals surface area (Å²) >= 11 is 3.33. The molecule has 0 heterocycles. The Bertz CT molecular complexity index is 838. The molecule has 2 aromatic carbocycles. The van der Waals surface area contributed by atoms with Gasteiger partial charge in [0.1, 0.15) is 5.75 Å². The summed E-state index contributed by atoms with van der Waals surface area (Å²) < 4.78 is 6.03. The number of carbonyl (C=O) groups excluding carboxylic acids is 1. The van der Waals surface area contributed by atoms with Gasteiger partial charge in [-0.15, -0.1) is 0 Å². The monoisotopic (exact) mass is 407 g/mol. The fourth-order valence-corrected chi connectivity index (χ4v) is 2.43. The van der Waals surface area contributed by atoms with Crippen molar-refractivity contribution in [1.29, 1.82) is 0 Å². The summed E-state index contributed by atoms with van der Waals surface area (Å²) in [5.41, 5.74) is 6.82. The van der Waals surface area contributed by atoms with Crippen LogP contribution in [0.15, 0.2) is 52.1 Å². The van der Waals surface area contributed by atoms with Crippen LogP contribution in [-0.2, 0) is 9.63 Å². The third-order valence-corrected chi connectivity index (χ3v) is 3.65. The van der Waals surface area contributed by atoms with Crippen molar-refractivity contribution < 1.29 is 19.3 Å². The van der Waals surface area contributed by atoms with Crippen LogP contribution in [-0.4, -0.2) is 23.3 Å². The topological polar surface area (TPSA) is 117 Å². The molecule has 0 atom stereocenters. The lowest BCUT2D eigenvalue weighted by Crippen LogP contribution is -2.18. The van der Waals surface area contributed by atoms with Gasteiger partial charge in [-0.05, 0) is 40.5 Å². The second-order valence-corrected chi connectivity index (χ2v) is 5.82. The van der Waals surface area contributed by atoms with E-state index >= 15 is 0 Å². The molecule has 2 rings (SSSR count). The highest BCUT2D eigenvalue weighted by Gasteiger charge is 2.10. The zero-order valence-corrected chi connectivity index (χ0v) is 14.7. The number of nitro groups is 1. The van der Waals surface area contributed by atoms with Crippen molar-refractivity contribution in [3.05, 3.63) is 68.2 Å². The Balaban J connectivity index is 1.95. The van der Waals surface area contributed by atoms with Crippen molar-refractivity contribution in [2.75, 3.05) is 6.61 Å². The number of nitrogens with zero attached hydrogens (tertiary/aromatic N) is 2. The molecule has 8 nitrogen and oxygen atoms in total. The minimum atomic E-state index is -0.763. The van der Waals surface area contributed by atoms with Crippen LogP contribution in [0.5, 0.6) is 5.75 Å². The van der Waals surface area contributed by atoms with E-state index in [1.807, 2.05) is 19.1 Å². The van der Waals surface area contributed by atoms with E-state index in [9.17, 15) is 14.9 Å².